The summed E-state index contributed by atoms with van der Waals surface area (Å²) in [6.45, 7) is 0.0805. The first-order chi connectivity index (χ1) is 12.0. The summed E-state index contributed by atoms with van der Waals surface area (Å²) in [5, 5.41) is 11.6. The van der Waals surface area contributed by atoms with Crippen LogP contribution in [0.15, 0.2) is 54.7 Å². The molecule has 0 bridgehead atoms. The van der Waals surface area contributed by atoms with Crippen LogP contribution in [-0.4, -0.2) is 27.8 Å². The van der Waals surface area contributed by atoms with Gasteiger partial charge in [0.05, 0.1) is 22.5 Å². The Kier molecular flexibility index (Phi) is 4.38. The van der Waals surface area contributed by atoms with Gasteiger partial charge in [-0.1, -0.05) is 18.2 Å². The molecule has 3 rings (SSSR count). The number of nitro benzene ring substituents is 1. The van der Waals surface area contributed by atoms with Crippen LogP contribution in [-0.2, 0) is 6.54 Å². The normalized spacial score (nSPS) is 10.6. The van der Waals surface area contributed by atoms with E-state index in [1.54, 1.807) is 31.3 Å². The second kappa shape index (κ2) is 6.64. The molecule has 0 aliphatic rings. The Labute approximate surface area is 142 Å². The molecule has 0 aliphatic carbocycles. The van der Waals surface area contributed by atoms with Gasteiger partial charge in [0.25, 0.3) is 11.6 Å². The number of benzene rings is 2. The molecule has 1 amide bonds. The average molecular weight is 339 g/mol. The maximum atomic E-state index is 13.3. The summed E-state index contributed by atoms with van der Waals surface area (Å²) in [7, 11) is 1.55. The maximum absolute atomic E-state index is 13.3. The third kappa shape index (κ3) is 3.45. The van der Waals surface area contributed by atoms with E-state index in [-0.39, 0.29) is 18.1 Å². The standard InChI is InChI=1S/C18H14FN3O3/c1-21(11-12-4-2-3-5-17(12)22(24)25)18(23)14-8-13-9-15(19)6-7-16(13)20-10-14/h2-10H,11H2,1H3. The summed E-state index contributed by atoms with van der Waals surface area (Å²) >= 11 is 0. The van der Waals surface area contributed by atoms with Crippen molar-refractivity contribution in [1.82, 2.24) is 9.88 Å². The number of nitrogens with zero attached hydrogens (tertiary/aromatic N) is 3. The van der Waals surface area contributed by atoms with E-state index in [0.29, 0.717) is 22.0 Å². The molecule has 1 aromatic heterocycles. The van der Waals surface area contributed by atoms with Crippen molar-refractivity contribution in [3.63, 3.8) is 0 Å². The minimum atomic E-state index is -0.478. The van der Waals surface area contributed by atoms with Gasteiger partial charge in [0.1, 0.15) is 5.82 Å². The molecule has 0 unspecified atom stereocenters. The fourth-order valence-electron chi connectivity index (χ4n) is 2.59. The van der Waals surface area contributed by atoms with Crippen LogP contribution < -0.4 is 0 Å². The molecule has 126 valence electrons. The topological polar surface area (TPSA) is 76.3 Å². The third-order valence-corrected chi connectivity index (χ3v) is 3.83. The van der Waals surface area contributed by atoms with Crippen LogP contribution in [0.5, 0.6) is 0 Å². The molecule has 0 atom stereocenters. The minimum absolute atomic E-state index is 0.0409. The van der Waals surface area contributed by atoms with Crippen molar-refractivity contribution in [3.8, 4) is 0 Å². The molecule has 25 heavy (non-hydrogen) atoms. The fourth-order valence-corrected chi connectivity index (χ4v) is 2.59. The van der Waals surface area contributed by atoms with Gasteiger partial charge in [0.15, 0.2) is 0 Å². The Bertz CT molecular complexity index is 975. The lowest BCUT2D eigenvalue weighted by Crippen LogP contribution is -2.26. The summed E-state index contributed by atoms with van der Waals surface area (Å²) in [4.78, 5) is 28.7. The second-order valence-corrected chi connectivity index (χ2v) is 5.61. The van der Waals surface area contributed by atoms with Gasteiger partial charge in [-0.05, 0) is 24.3 Å². The molecule has 2 aromatic carbocycles. The van der Waals surface area contributed by atoms with E-state index >= 15 is 0 Å². The highest BCUT2D eigenvalue weighted by atomic mass is 19.1. The zero-order valence-corrected chi connectivity index (χ0v) is 13.3. The lowest BCUT2D eigenvalue weighted by Gasteiger charge is -2.17. The minimum Gasteiger partial charge on any atom is -0.337 e. The number of halogens is 1. The molecule has 0 radical (unpaired) electrons. The zero-order chi connectivity index (χ0) is 18.0. The average Bonchev–Trinajstić information content (AvgIpc) is 2.60. The van der Waals surface area contributed by atoms with Crippen LogP contribution in [0, 0.1) is 15.9 Å². The quantitative estimate of drug-likeness (QED) is 0.538. The lowest BCUT2D eigenvalue weighted by atomic mass is 10.1. The Hall–Kier alpha value is -3.35. The summed E-state index contributed by atoms with van der Waals surface area (Å²) in [6, 6.07) is 12.0. The Balaban J connectivity index is 1.87. The molecular formula is C18H14FN3O3. The van der Waals surface area contributed by atoms with Crippen LogP contribution in [0.3, 0.4) is 0 Å². The molecule has 6 nitrogen and oxygen atoms in total. The summed E-state index contributed by atoms with van der Waals surface area (Å²) in [6.07, 6.45) is 1.42. The number of pyridine rings is 1. The summed E-state index contributed by atoms with van der Waals surface area (Å²) in [5.74, 6) is -0.760. The molecule has 0 saturated carbocycles. The predicted molar refractivity (Wildman–Crippen MR) is 90.6 cm³/mol. The molecular weight excluding hydrogens is 325 g/mol. The third-order valence-electron chi connectivity index (χ3n) is 3.83. The van der Waals surface area contributed by atoms with Gasteiger partial charge in [-0.15, -0.1) is 0 Å². The first-order valence-electron chi connectivity index (χ1n) is 7.49. The number of rotatable bonds is 4. The Morgan fingerprint density at radius 3 is 2.76 bits per heavy atom. The van der Waals surface area contributed by atoms with E-state index in [1.807, 2.05) is 0 Å². The highest BCUT2D eigenvalue weighted by Crippen LogP contribution is 2.21. The van der Waals surface area contributed by atoms with Crippen LogP contribution in [0.4, 0.5) is 10.1 Å². The van der Waals surface area contributed by atoms with Gasteiger partial charge in [-0.3, -0.25) is 19.9 Å². The van der Waals surface area contributed by atoms with Crippen molar-refractivity contribution in [2.24, 2.45) is 0 Å². The van der Waals surface area contributed by atoms with Crippen molar-refractivity contribution in [3.05, 3.63) is 81.8 Å². The van der Waals surface area contributed by atoms with Gasteiger partial charge in [-0.25, -0.2) is 4.39 Å². The largest absolute Gasteiger partial charge is 0.337 e. The Morgan fingerprint density at radius 2 is 2.00 bits per heavy atom. The summed E-state index contributed by atoms with van der Waals surface area (Å²) < 4.78 is 13.3. The number of hydrogen-bond donors (Lipinski definition) is 0. The predicted octanol–water partition coefficient (Wildman–Crippen LogP) is 3.55. The first kappa shape index (κ1) is 16.5. The SMILES string of the molecule is CN(Cc1ccccc1[N+](=O)[O-])C(=O)c1cnc2ccc(F)cc2c1. The lowest BCUT2D eigenvalue weighted by molar-refractivity contribution is -0.385. The van der Waals surface area contributed by atoms with Gasteiger partial charge in [0, 0.05) is 30.3 Å². The highest BCUT2D eigenvalue weighted by molar-refractivity contribution is 5.97. The maximum Gasteiger partial charge on any atom is 0.274 e. The molecule has 0 aliphatic heterocycles. The van der Waals surface area contributed by atoms with E-state index in [1.165, 1.54) is 35.4 Å². The molecule has 0 N–H and O–H groups in total. The van der Waals surface area contributed by atoms with Crippen molar-refractivity contribution in [2.75, 3.05) is 7.05 Å². The monoisotopic (exact) mass is 339 g/mol. The molecule has 7 heteroatoms. The van der Waals surface area contributed by atoms with E-state index < -0.39 is 10.7 Å². The number of carbonyl (C=O) groups excluding carboxylic acids is 1. The highest BCUT2D eigenvalue weighted by Gasteiger charge is 2.18. The number of aromatic nitrogens is 1. The fraction of sp³-hybridized carbons (Fsp3) is 0.111. The number of fused-ring (bicyclic) bond motifs is 1. The number of nitro groups is 1. The smallest absolute Gasteiger partial charge is 0.274 e. The van der Waals surface area contributed by atoms with E-state index in [4.69, 9.17) is 0 Å². The van der Waals surface area contributed by atoms with Crippen LogP contribution >= 0.6 is 0 Å². The summed E-state index contributed by atoms with van der Waals surface area (Å²) in [5.41, 5.74) is 1.27. The van der Waals surface area contributed by atoms with Gasteiger partial charge in [0.2, 0.25) is 0 Å². The van der Waals surface area contributed by atoms with Crippen molar-refractivity contribution in [1.29, 1.82) is 0 Å². The van der Waals surface area contributed by atoms with Gasteiger partial charge in [-0.2, -0.15) is 0 Å². The van der Waals surface area contributed by atoms with E-state index in [2.05, 4.69) is 4.98 Å². The van der Waals surface area contributed by atoms with Crippen molar-refractivity contribution in [2.45, 2.75) is 6.54 Å². The number of hydrogen-bond acceptors (Lipinski definition) is 4. The molecule has 0 fully saturated rings. The van der Waals surface area contributed by atoms with Crippen molar-refractivity contribution < 1.29 is 14.1 Å². The van der Waals surface area contributed by atoms with Gasteiger partial charge < -0.3 is 4.90 Å². The Morgan fingerprint density at radius 1 is 1.24 bits per heavy atom. The number of para-hydroxylation sites is 1. The van der Waals surface area contributed by atoms with Gasteiger partial charge >= 0.3 is 0 Å². The van der Waals surface area contributed by atoms with Crippen LogP contribution in [0.25, 0.3) is 10.9 Å². The number of amides is 1. The molecule has 1 heterocycles. The second-order valence-electron chi connectivity index (χ2n) is 5.61. The molecule has 0 saturated heterocycles. The zero-order valence-electron chi connectivity index (χ0n) is 13.3. The first-order valence-corrected chi connectivity index (χ1v) is 7.49. The number of carbonyl (C=O) groups is 1. The van der Waals surface area contributed by atoms with Crippen molar-refractivity contribution >= 4 is 22.5 Å². The molecule has 0 spiro atoms. The van der Waals surface area contributed by atoms with Crippen LogP contribution in [0.2, 0.25) is 0 Å². The van der Waals surface area contributed by atoms with E-state index in [9.17, 15) is 19.3 Å². The van der Waals surface area contributed by atoms with E-state index in [0.717, 1.165) is 0 Å². The molecule has 3 aromatic rings. The van der Waals surface area contributed by atoms with Crippen LogP contribution in [0.1, 0.15) is 15.9 Å².